The molecule has 0 radical (unpaired) electrons. The lowest BCUT2D eigenvalue weighted by atomic mass is 10.0. The fourth-order valence-electron chi connectivity index (χ4n) is 2.90. The molecule has 0 saturated carbocycles. The maximum Gasteiger partial charge on any atom is 0.408 e. The van der Waals surface area contributed by atoms with Crippen LogP contribution in [0.15, 0.2) is 71.3 Å². The molecule has 0 aliphatic carbocycles. The van der Waals surface area contributed by atoms with Crippen LogP contribution in [0.25, 0.3) is 6.08 Å². The number of carbonyl (C=O) groups excluding carboxylic acids is 1. The van der Waals surface area contributed by atoms with Gasteiger partial charge in [0.15, 0.2) is 0 Å². The van der Waals surface area contributed by atoms with Crippen LogP contribution < -0.4 is 5.32 Å². The highest BCUT2D eigenvalue weighted by atomic mass is 16.6. The lowest BCUT2D eigenvalue weighted by Gasteiger charge is -2.24. The summed E-state index contributed by atoms with van der Waals surface area (Å²) in [4.78, 5) is 28.7. The van der Waals surface area contributed by atoms with Crippen LogP contribution in [0, 0.1) is 0 Å². The molecule has 0 aromatic heterocycles. The highest BCUT2D eigenvalue weighted by Crippen LogP contribution is 2.22. The molecule has 1 aliphatic heterocycles. The monoisotopic (exact) mass is 422 g/mol. The van der Waals surface area contributed by atoms with E-state index < -0.39 is 23.7 Å². The van der Waals surface area contributed by atoms with E-state index in [-0.39, 0.29) is 5.57 Å². The number of carbonyl (C=O) groups is 2. The van der Waals surface area contributed by atoms with Crippen LogP contribution in [0.5, 0.6) is 0 Å². The first-order chi connectivity index (χ1) is 14.7. The Labute approximate surface area is 183 Å². The van der Waals surface area contributed by atoms with Crippen LogP contribution in [0.1, 0.15) is 46.1 Å². The SMILES string of the molecule is CCCC(NC(=O)OC(C)(C)C)C1=N\c2ccccc2\C=C/C=C\C(C(=O)O)=C\C=C/1. The molecule has 31 heavy (non-hydrogen) atoms. The van der Waals surface area contributed by atoms with Crippen LogP contribution in [0.2, 0.25) is 0 Å². The van der Waals surface area contributed by atoms with Gasteiger partial charge in [-0.3, -0.25) is 4.99 Å². The summed E-state index contributed by atoms with van der Waals surface area (Å²) < 4.78 is 5.42. The average Bonchev–Trinajstić information content (AvgIpc) is 2.66. The fourth-order valence-corrected chi connectivity index (χ4v) is 2.90. The molecule has 0 spiro atoms. The van der Waals surface area contributed by atoms with E-state index in [4.69, 9.17) is 9.73 Å². The molecule has 164 valence electrons. The number of alkyl carbamates (subject to hydrolysis) is 1. The first-order valence-corrected chi connectivity index (χ1v) is 10.3. The third kappa shape index (κ3) is 8.09. The van der Waals surface area contributed by atoms with Crippen LogP contribution in [-0.2, 0) is 9.53 Å². The third-order valence-electron chi connectivity index (χ3n) is 4.26. The van der Waals surface area contributed by atoms with E-state index in [1.807, 2.05) is 58.0 Å². The minimum absolute atomic E-state index is 0.140. The summed E-state index contributed by atoms with van der Waals surface area (Å²) >= 11 is 0. The molecule has 0 saturated heterocycles. The van der Waals surface area contributed by atoms with Crippen molar-refractivity contribution in [3.8, 4) is 0 Å². The van der Waals surface area contributed by atoms with Gasteiger partial charge in [0.25, 0.3) is 0 Å². The number of rotatable bonds is 5. The number of carboxylic acid groups (broad SMARTS) is 1. The molecular formula is C25H30N2O4. The number of nitrogens with one attached hydrogen (secondary N) is 1. The van der Waals surface area contributed by atoms with Gasteiger partial charge in [0.05, 0.1) is 23.0 Å². The van der Waals surface area contributed by atoms with E-state index in [0.29, 0.717) is 12.1 Å². The van der Waals surface area contributed by atoms with Crippen molar-refractivity contribution in [3.63, 3.8) is 0 Å². The number of para-hydroxylation sites is 1. The number of aliphatic carboxylic acids is 1. The minimum atomic E-state index is -1.03. The van der Waals surface area contributed by atoms with E-state index in [1.54, 1.807) is 24.3 Å². The number of allylic oxidation sites excluding steroid dienone is 4. The molecule has 1 aromatic carbocycles. The van der Waals surface area contributed by atoms with E-state index >= 15 is 0 Å². The second-order valence-corrected chi connectivity index (χ2v) is 8.09. The Bertz CT molecular complexity index is 947. The number of benzene rings is 1. The van der Waals surface area contributed by atoms with Crippen molar-refractivity contribution < 1.29 is 19.4 Å². The molecule has 6 nitrogen and oxygen atoms in total. The summed E-state index contributed by atoms with van der Waals surface area (Å²) in [6, 6.07) is 7.25. The zero-order valence-corrected chi connectivity index (χ0v) is 18.5. The average molecular weight is 423 g/mol. The number of fused-ring (bicyclic) bond motifs is 1. The van der Waals surface area contributed by atoms with Gasteiger partial charge < -0.3 is 15.2 Å². The molecular weight excluding hydrogens is 392 g/mol. The normalized spacial score (nSPS) is 21.4. The zero-order chi connectivity index (χ0) is 22.9. The van der Waals surface area contributed by atoms with Crippen molar-refractivity contribution in [2.75, 3.05) is 0 Å². The number of hydrogen-bond donors (Lipinski definition) is 2. The molecule has 1 amide bonds. The molecule has 1 heterocycles. The predicted molar refractivity (Wildman–Crippen MR) is 125 cm³/mol. The van der Waals surface area contributed by atoms with Crippen LogP contribution >= 0.6 is 0 Å². The number of nitrogens with zero attached hydrogens (tertiary/aromatic N) is 1. The Morgan fingerprint density at radius 3 is 2.48 bits per heavy atom. The molecule has 1 aromatic rings. The Morgan fingerprint density at radius 1 is 1.10 bits per heavy atom. The minimum Gasteiger partial charge on any atom is -0.478 e. The number of aliphatic imine (C=N–C) groups is 1. The smallest absolute Gasteiger partial charge is 0.408 e. The van der Waals surface area contributed by atoms with Crippen molar-refractivity contribution in [1.29, 1.82) is 0 Å². The van der Waals surface area contributed by atoms with Gasteiger partial charge in [-0.25, -0.2) is 9.59 Å². The highest BCUT2D eigenvalue weighted by Gasteiger charge is 2.21. The molecule has 0 bridgehead atoms. The maximum atomic E-state index is 12.4. The van der Waals surface area contributed by atoms with Crippen molar-refractivity contribution in [3.05, 3.63) is 71.9 Å². The Kier molecular flexibility index (Phi) is 8.55. The number of ether oxygens (including phenoxy) is 1. The highest BCUT2D eigenvalue weighted by molar-refractivity contribution is 6.03. The number of amides is 1. The van der Waals surface area contributed by atoms with Crippen molar-refractivity contribution in [2.24, 2.45) is 4.99 Å². The standard InChI is InChI=1S/C25H30N2O4/c1-5-11-21(27-24(30)31-25(2,3)4)22-17-10-15-19(23(28)29)14-7-6-12-18-13-8-9-16-20(18)26-22/h6-10,12-17,21H,5,11H2,1-4H3,(H,27,30)(H,28,29)/b7-6?,12-6-,14-7-,15-10?,17-10-,18-12?,19-14?,19-15-,22-17?,26-20?,26-22+. The molecule has 2 rings (SSSR count). The summed E-state index contributed by atoms with van der Waals surface area (Å²) in [5, 5.41) is 12.3. The number of carboxylic acids is 1. The predicted octanol–water partition coefficient (Wildman–Crippen LogP) is 5.60. The summed E-state index contributed by atoms with van der Waals surface area (Å²) in [6.45, 7) is 7.45. The zero-order valence-electron chi connectivity index (χ0n) is 18.5. The first kappa shape index (κ1) is 23.9. The maximum absolute atomic E-state index is 12.4. The van der Waals surface area contributed by atoms with Gasteiger partial charge in [-0.2, -0.15) is 0 Å². The second-order valence-electron chi connectivity index (χ2n) is 8.09. The molecule has 1 unspecified atom stereocenters. The Balaban J connectivity index is 2.52. The fraction of sp³-hybridized carbons (Fsp3) is 0.320. The summed E-state index contributed by atoms with van der Waals surface area (Å²) in [5.74, 6) is -1.03. The van der Waals surface area contributed by atoms with E-state index in [9.17, 15) is 14.7 Å². The molecule has 0 fully saturated rings. The molecule has 1 aliphatic rings. The van der Waals surface area contributed by atoms with Gasteiger partial charge in [-0.05, 0) is 51.5 Å². The summed E-state index contributed by atoms with van der Waals surface area (Å²) in [5.41, 5.74) is 1.77. The van der Waals surface area contributed by atoms with Crippen LogP contribution in [-0.4, -0.2) is 34.5 Å². The third-order valence-corrected chi connectivity index (χ3v) is 4.26. The summed E-state index contributed by atoms with van der Waals surface area (Å²) in [7, 11) is 0. The Hall–Kier alpha value is -3.41. The first-order valence-electron chi connectivity index (χ1n) is 10.3. The van der Waals surface area contributed by atoms with E-state index in [1.165, 1.54) is 12.2 Å². The van der Waals surface area contributed by atoms with Gasteiger partial charge in [-0.1, -0.05) is 55.8 Å². The van der Waals surface area contributed by atoms with Crippen molar-refractivity contribution >= 4 is 29.5 Å². The van der Waals surface area contributed by atoms with Gasteiger partial charge in [-0.15, -0.1) is 0 Å². The molecule has 1 atom stereocenters. The number of hydrogen-bond acceptors (Lipinski definition) is 4. The van der Waals surface area contributed by atoms with E-state index in [2.05, 4.69) is 5.32 Å². The largest absolute Gasteiger partial charge is 0.478 e. The van der Waals surface area contributed by atoms with Gasteiger partial charge in [0, 0.05) is 5.56 Å². The van der Waals surface area contributed by atoms with Crippen molar-refractivity contribution in [1.82, 2.24) is 5.32 Å². The van der Waals surface area contributed by atoms with Crippen LogP contribution in [0.3, 0.4) is 0 Å². The van der Waals surface area contributed by atoms with Crippen molar-refractivity contribution in [2.45, 2.75) is 52.2 Å². The lowest BCUT2D eigenvalue weighted by molar-refractivity contribution is -0.132. The van der Waals surface area contributed by atoms with E-state index in [0.717, 1.165) is 17.7 Å². The summed E-state index contributed by atoms with van der Waals surface area (Å²) in [6.07, 6.45) is 12.7. The molecule has 2 N–H and O–H groups in total. The van der Waals surface area contributed by atoms with Gasteiger partial charge in [0.2, 0.25) is 0 Å². The second kappa shape index (κ2) is 11.1. The van der Waals surface area contributed by atoms with Crippen LogP contribution in [0.4, 0.5) is 10.5 Å². The Morgan fingerprint density at radius 2 is 1.81 bits per heavy atom. The lowest BCUT2D eigenvalue weighted by Crippen LogP contribution is -2.43. The molecule has 6 heteroatoms. The van der Waals surface area contributed by atoms with Gasteiger partial charge in [0.1, 0.15) is 5.60 Å². The quantitative estimate of drug-likeness (QED) is 0.646. The topological polar surface area (TPSA) is 88.0 Å². The van der Waals surface area contributed by atoms with Gasteiger partial charge >= 0.3 is 12.1 Å².